The molecule has 0 saturated carbocycles. The van der Waals surface area contributed by atoms with Crippen LogP contribution >= 0.6 is 11.3 Å². The predicted molar refractivity (Wildman–Crippen MR) is 115 cm³/mol. The lowest BCUT2D eigenvalue weighted by molar-refractivity contribution is 0.0957. The second kappa shape index (κ2) is 8.69. The van der Waals surface area contributed by atoms with Gasteiger partial charge in [0, 0.05) is 24.0 Å². The maximum Gasteiger partial charge on any atom is 0.261 e. The number of nitrogens with one attached hydrogen (secondary N) is 1. The van der Waals surface area contributed by atoms with Gasteiger partial charge in [0.2, 0.25) is 0 Å². The van der Waals surface area contributed by atoms with Gasteiger partial charge in [-0.15, -0.1) is 11.3 Å². The Morgan fingerprint density at radius 3 is 2.54 bits per heavy atom. The van der Waals surface area contributed by atoms with Gasteiger partial charge in [-0.25, -0.2) is 9.97 Å². The summed E-state index contributed by atoms with van der Waals surface area (Å²) in [7, 11) is 0. The van der Waals surface area contributed by atoms with E-state index in [0.717, 1.165) is 50.8 Å². The molecule has 0 aliphatic heterocycles. The molecule has 1 aromatic carbocycles. The van der Waals surface area contributed by atoms with E-state index in [4.69, 9.17) is 4.74 Å². The molecular weight excluding hydrogens is 370 g/mol. The van der Waals surface area contributed by atoms with E-state index in [1.165, 1.54) is 16.9 Å². The molecule has 28 heavy (non-hydrogen) atoms. The van der Waals surface area contributed by atoms with Gasteiger partial charge in [0.25, 0.3) is 5.91 Å². The molecule has 1 N–H and O–H groups in total. The van der Waals surface area contributed by atoms with Crippen molar-refractivity contribution >= 4 is 27.5 Å². The topological polar surface area (TPSA) is 64.1 Å². The van der Waals surface area contributed by atoms with Gasteiger partial charge in [0.1, 0.15) is 16.4 Å². The summed E-state index contributed by atoms with van der Waals surface area (Å²) in [5.74, 6) is 1.65. The molecule has 0 unspecified atom stereocenters. The molecule has 2 aromatic heterocycles. The number of thiophene rings is 1. The van der Waals surface area contributed by atoms with Gasteiger partial charge in [-0.3, -0.25) is 4.79 Å². The van der Waals surface area contributed by atoms with Gasteiger partial charge >= 0.3 is 0 Å². The Balaban J connectivity index is 1.65. The summed E-state index contributed by atoms with van der Waals surface area (Å²) in [6.07, 6.45) is 1.73. The van der Waals surface area contributed by atoms with Crippen LogP contribution in [0.25, 0.3) is 10.2 Å². The molecular formula is C22H27N3O2S. The van der Waals surface area contributed by atoms with Crippen molar-refractivity contribution in [2.45, 2.75) is 53.6 Å². The fraction of sp³-hybridized carbons (Fsp3) is 0.409. The van der Waals surface area contributed by atoms with Crippen LogP contribution < -0.4 is 10.1 Å². The van der Waals surface area contributed by atoms with E-state index in [2.05, 4.69) is 15.3 Å². The number of nitrogens with zero attached hydrogens (tertiary/aromatic N) is 2. The average Bonchev–Trinajstić information content (AvgIpc) is 2.99. The van der Waals surface area contributed by atoms with Gasteiger partial charge in [-0.1, -0.05) is 19.1 Å². The second-order valence-corrected chi connectivity index (χ2v) is 8.13. The molecule has 3 rings (SSSR count). The van der Waals surface area contributed by atoms with E-state index < -0.39 is 0 Å². The highest BCUT2D eigenvalue weighted by Gasteiger charge is 2.18. The van der Waals surface area contributed by atoms with E-state index in [9.17, 15) is 4.79 Å². The summed E-state index contributed by atoms with van der Waals surface area (Å²) in [4.78, 5) is 23.4. The van der Waals surface area contributed by atoms with Gasteiger partial charge in [0.05, 0.1) is 11.0 Å². The fourth-order valence-electron chi connectivity index (χ4n) is 3.18. The Bertz CT molecular complexity index is 978. The molecule has 6 heteroatoms. The summed E-state index contributed by atoms with van der Waals surface area (Å²) < 4.78 is 5.66. The highest BCUT2D eigenvalue weighted by atomic mass is 32.1. The molecule has 0 saturated heterocycles. The molecule has 2 heterocycles. The Kier molecular flexibility index (Phi) is 6.29. The van der Waals surface area contributed by atoms with Crippen molar-refractivity contribution in [2.24, 2.45) is 0 Å². The van der Waals surface area contributed by atoms with Crippen molar-refractivity contribution < 1.29 is 9.53 Å². The normalized spacial score (nSPS) is 11.2. The van der Waals surface area contributed by atoms with Gasteiger partial charge in [-0.2, -0.15) is 0 Å². The molecule has 0 fully saturated rings. The van der Waals surface area contributed by atoms with Crippen molar-refractivity contribution in [1.82, 2.24) is 15.3 Å². The van der Waals surface area contributed by atoms with E-state index in [1.54, 1.807) is 0 Å². The first-order valence-electron chi connectivity index (χ1n) is 9.69. The zero-order valence-electron chi connectivity index (χ0n) is 17.1. The molecule has 0 bridgehead atoms. The number of fused-ring (bicyclic) bond motifs is 1. The van der Waals surface area contributed by atoms with Crippen LogP contribution in [0.2, 0.25) is 0 Å². The first-order valence-corrected chi connectivity index (χ1v) is 10.5. The quantitative estimate of drug-likeness (QED) is 0.631. The minimum atomic E-state index is -0.0438. The molecule has 3 aromatic rings. The zero-order valence-corrected chi connectivity index (χ0v) is 17.9. The average molecular weight is 398 g/mol. The SMILES string of the molecule is CCc1nc(C)c2c(C)c(C(=O)NCCc3ccc(OC(C)C)cc3)sc2n1. The van der Waals surface area contributed by atoms with Crippen LogP contribution in [-0.4, -0.2) is 28.5 Å². The summed E-state index contributed by atoms with van der Waals surface area (Å²) in [5, 5.41) is 4.04. The monoisotopic (exact) mass is 397 g/mol. The molecule has 5 nitrogen and oxygen atoms in total. The molecule has 0 aliphatic carbocycles. The highest BCUT2D eigenvalue weighted by Crippen LogP contribution is 2.31. The number of carbonyl (C=O) groups excluding carboxylic acids is 1. The van der Waals surface area contributed by atoms with Crippen molar-refractivity contribution in [3.63, 3.8) is 0 Å². The summed E-state index contributed by atoms with van der Waals surface area (Å²) >= 11 is 1.45. The Hall–Kier alpha value is -2.47. The molecule has 0 spiro atoms. The number of amides is 1. The number of carbonyl (C=O) groups is 1. The minimum Gasteiger partial charge on any atom is -0.491 e. The van der Waals surface area contributed by atoms with Crippen LogP contribution in [0.3, 0.4) is 0 Å². The summed E-state index contributed by atoms with van der Waals surface area (Å²) in [5.41, 5.74) is 3.07. The molecule has 1 amide bonds. The standard InChI is InChI=1S/C22H27N3O2S/c1-6-18-24-15(5)19-14(4)20(28-22(19)25-18)21(26)23-12-11-16-7-9-17(10-8-16)27-13(2)3/h7-10,13H,6,11-12H2,1-5H3,(H,23,26). The van der Waals surface area contributed by atoms with Gasteiger partial charge in [0.15, 0.2) is 0 Å². The third-order valence-corrected chi connectivity index (χ3v) is 5.72. The van der Waals surface area contributed by atoms with Crippen LogP contribution in [0.5, 0.6) is 5.75 Å². The van der Waals surface area contributed by atoms with E-state index in [0.29, 0.717) is 6.54 Å². The van der Waals surface area contributed by atoms with E-state index in [-0.39, 0.29) is 12.0 Å². The Morgan fingerprint density at radius 2 is 1.89 bits per heavy atom. The fourth-order valence-corrected chi connectivity index (χ4v) is 4.34. The van der Waals surface area contributed by atoms with Crippen LogP contribution in [-0.2, 0) is 12.8 Å². The molecule has 0 radical (unpaired) electrons. The van der Waals surface area contributed by atoms with Crippen LogP contribution in [0.1, 0.15) is 53.1 Å². The first kappa shape index (κ1) is 20.3. The number of hydrogen-bond acceptors (Lipinski definition) is 5. The number of hydrogen-bond donors (Lipinski definition) is 1. The number of rotatable bonds is 7. The number of benzene rings is 1. The van der Waals surface area contributed by atoms with E-state index in [1.807, 2.05) is 58.9 Å². The largest absolute Gasteiger partial charge is 0.491 e. The maximum absolute atomic E-state index is 12.7. The number of ether oxygens (including phenoxy) is 1. The third-order valence-electron chi connectivity index (χ3n) is 4.53. The minimum absolute atomic E-state index is 0.0438. The molecule has 0 aliphatic rings. The Morgan fingerprint density at radius 1 is 1.18 bits per heavy atom. The summed E-state index contributed by atoms with van der Waals surface area (Å²) in [6.45, 7) is 10.6. The van der Waals surface area contributed by atoms with Crippen molar-refractivity contribution in [3.05, 3.63) is 51.8 Å². The lowest BCUT2D eigenvalue weighted by Gasteiger charge is -2.10. The van der Waals surface area contributed by atoms with Crippen molar-refractivity contribution in [1.29, 1.82) is 0 Å². The molecule has 148 valence electrons. The van der Waals surface area contributed by atoms with Crippen LogP contribution in [0, 0.1) is 13.8 Å². The van der Waals surface area contributed by atoms with Crippen LogP contribution in [0.4, 0.5) is 0 Å². The smallest absolute Gasteiger partial charge is 0.261 e. The third kappa shape index (κ3) is 4.50. The van der Waals surface area contributed by atoms with Gasteiger partial charge < -0.3 is 10.1 Å². The van der Waals surface area contributed by atoms with Crippen molar-refractivity contribution in [3.8, 4) is 5.75 Å². The Labute approximate surface area is 170 Å². The lowest BCUT2D eigenvalue weighted by atomic mass is 10.1. The van der Waals surface area contributed by atoms with E-state index >= 15 is 0 Å². The zero-order chi connectivity index (χ0) is 20.3. The number of aryl methyl sites for hydroxylation is 3. The lowest BCUT2D eigenvalue weighted by Crippen LogP contribution is -2.25. The van der Waals surface area contributed by atoms with Crippen LogP contribution in [0.15, 0.2) is 24.3 Å². The molecule has 0 atom stereocenters. The second-order valence-electron chi connectivity index (χ2n) is 7.13. The van der Waals surface area contributed by atoms with Gasteiger partial charge in [-0.05, 0) is 57.4 Å². The number of aromatic nitrogens is 2. The maximum atomic E-state index is 12.7. The highest BCUT2D eigenvalue weighted by molar-refractivity contribution is 7.20. The summed E-state index contributed by atoms with van der Waals surface area (Å²) in [6, 6.07) is 8.03. The first-order chi connectivity index (χ1) is 13.4. The van der Waals surface area contributed by atoms with Crippen molar-refractivity contribution in [2.75, 3.05) is 6.54 Å². The predicted octanol–water partition coefficient (Wildman–Crippen LogP) is 4.63.